The fraction of sp³-hybridized carbons (Fsp3) is 0.111. The summed E-state index contributed by atoms with van der Waals surface area (Å²) in [6, 6.07) is 13.5. The molecule has 27 heavy (non-hydrogen) atoms. The van der Waals surface area contributed by atoms with Gasteiger partial charge in [-0.3, -0.25) is 19.8 Å². The molecule has 0 saturated carbocycles. The topological polar surface area (TPSA) is 84.7 Å². The third kappa shape index (κ3) is 4.26. The molecule has 0 spiro atoms. The number of rotatable bonds is 6. The van der Waals surface area contributed by atoms with Crippen LogP contribution in [-0.4, -0.2) is 33.8 Å². The molecule has 0 bridgehead atoms. The van der Waals surface area contributed by atoms with Crippen LogP contribution in [0.4, 0.5) is 11.4 Å². The Morgan fingerprint density at radius 2 is 2.07 bits per heavy atom. The molecule has 0 radical (unpaired) electrons. The number of carbonyl (C=O) groups is 1. The molecule has 2 aromatic carbocycles. The first-order valence-corrected chi connectivity index (χ1v) is 9.09. The lowest BCUT2D eigenvalue weighted by atomic mass is 10.2. The smallest absolute Gasteiger partial charge is 0.271 e. The molecule has 0 aliphatic carbocycles. The van der Waals surface area contributed by atoms with Gasteiger partial charge in [-0.1, -0.05) is 48.2 Å². The van der Waals surface area contributed by atoms with E-state index in [4.69, 9.17) is 17.0 Å². The van der Waals surface area contributed by atoms with Crippen molar-refractivity contribution >= 4 is 51.7 Å². The number of amides is 1. The molecule has 0 atom stereocenters. The Balaban J connectivity index is 1.74. The second-order valence-electron chi connectivity index (χ2n) is 5.49. The third-order valence-electron chi connectivity index (χ3n) is 3.80. The lowest BCUT2D eigenvalue weighted by molar-refractivity contribution is -0.384. The monoisotopic (exact) mass is 401 g/mol. The maximum Gasteiger partial charge on any atom is 0.271 e. The zero-order chi connectivity index (χ0) is 19.4. The Bertz CT molecular complexity index is 946. The predicted octanol–water partition coefficient (Wildman–Crippen LogP) is 3.87. The lowest BCUT2D eigenvalue weighted by Gasteiger charge is -2.16. The van der Waals surface area contributed by atoms with Crippen LogP contribution in [0.2, 0.25) is 0 Å². The number of hydrogen-bond acceptors (Lipinski definition) is 7. The highest BCUT2D eigenvalue weighted by Crippen LogP contribution is 2.34. The maximum atomic E-state index is 12.7. The van der Waals surface area contributed by atoms with Crippen molar-refractivity contribution in [3.63, 3.8) is 0 Å². The lowest BCUT2D eigenvalue weighted by Crippen LogP contribution is -2.33. The van der Waals surface area contributed by atoms with E-state index in [2.05, 4.69) is 5.32 Å². The first-order chi connectivity index (χ1) is 13.0. The molecule has 9 heteroatoms. The molecule has 1 aliphatic rings. The molecule has 1 saturated heterocycles. The average Bonchev–Trinajstić information content (AvgIpc) is 2.93. The zero-order valence-electron chi connectivity index (χ0n) is 14.2. The third-order valence-corrected chi connectivity index (χ3v) is 5.18. The molecular formula is C18H15N3O4S2. The van der Waals surface area contributed by atoms with Crippen LogP contribution >= 0.6 is 24.0 Å². The summed E-state index contributed by atoms with van der Waals surface area (Å²) in [5.41, 5.74) is 1.29. The number of thioether (sulfide) groups is 1. The van der Waals surface area contributed by atoms with Crippen molar-refractivity contribution in [2.24, 2.45) is 0 Å². The van der Waals surface area contributed by atoms with E-state index in [1.54, 1.807) is 25.3 Å². The number of non-ortho nitro benzene ring substituents is 1. The van der Waals surface area contributed by atoms with Gasteiger partial charge in [0.05, 0.1) is 23.6 Å². The van der Waals surface area contributed by atoms with Crippen LogP contribution in [-0.2, 0) is 4.79 Å². The summed E-state index contributed by atoms with van der Waals surface area (Å²) in [4.78, 5) is 25.0. The number of para-hydroxylation sites is 1. The van der Waals surface area contributed by atoms with E-state index >= 15 is 0 Å². The molecule has 1 N–H and O–H groups in total. The molecule has 1 heterocycles. The van der Waals surface area contributed by atoms with Crippen LogP contribution in [0.3, 0.4) is 0 Å². The Kier molecular flexibility index (Phi) is 5.72. The maximum absolute atomic E-state index is 12.7. The number of hydrogen-bond donors (Lipinski definition) is 1. The minimum Gasteiger partial charge on any atom is -0.496 e. The molecule has 3 rings (SSSR count). The van der Waals surface area contributed by atoms with Gasteiger partial charge in [0, 0.05) is 23.4 Å². The first-order valence-electron chi connectivity index (χ1n) is 7.86. The molecule has 2 aromatic rings. The van der Waals surface area contributed by atoms with E-state index < -0.39 is 4.92 Å². The van der Waals surface area contributed by atoms with Crippen molar-refractivity contribution in [1.29, 1.82) is 0 Å². The molecule has 1 amide bonds. The number of benzene rings is 2. The molecule has 1 fully saturated rings. The number of methoxy groups -OCH3 is 1. The number of nitrogens with zero attached hydrogens (tertiary/aromatic N) is 2. The number of thiocarbonyl (C=S) groups is 1. The predicted molar refractivity (Wildman–Crippen MR) is 110 cm³/mol. The van der Waals surface area contributed by atoms with Crippen molar-refractivity contribution in [2.45, 2.75) is 0 Å². The molecule has 1 aliphatic heterocycles. The van der Waals surface area contributed by atoms with Crippen LogP contribution in [0.1, 0.15) is 5.56 Å². The minimum atomic E-state index is -0.471. The van der Waals surface area contributed by atoms with Gasteiger partial charge in [0.15, 0.2) is 0 Å². The minimum absolute atomic E-state index is 0.0264. The first kappa shape index (κ1) is 18.9. The summed E-state index contributed by atoms with van der Waals surface area (Å²) in [7, 11) is 1.57. The Morgan fingerprint density at radius 3 is 2.81 bits per heavy atom. The molecular weight excluding hydrogens is 386 g/mol. The number of carbonyl (C=O) groups excluding carboxylic acids is 1. The SMILES string of the molecule is COc1ccccc1C=C1SC(=S)N(CNc2cccc([N+](=O)[O-])c2)C1=O. The average molecular weight is 401 g/mol. The van der Waals surface area contributed by atoms with Crippen molar-refractivity contribution in [3.8, 4) is 5.75 Å². The van der Waals surface area contributed by atoms with Gasteiger partial charge in [-0.15, -0.1) is 0 Å². The number of ether oxygens (including phenoxy) is 1. The highest BCUT2D eigenvalue weighted by atomic mass is 32.2. The molecule has 0 aromatic heterocycles. The van der Waals surface area contributed by atoms with E-state index in [1.165, 1.54) is 28.8 Å². The fourth-order valence-corrected chi connectivity index (χ4v) is 3.71. The van der Waals surface area contributed by atoms with Gasteiger partial charge in [0.1, 0.15) is 10.1 Å². The van der Waals surface area contributed by atoms with Gasteiger partial charge in [-0.25, -0.2) is 0 Å². The van der Waals surface area contributed by atoms with Crippen molar-refractivity contribution in [3.05, 3.63) is 69.1 Å². The number of anilines is 1. The second kappa shape index (κ2) is 8.19. The largest absolute Gasteiger partial charge is 0.496 e. The Hall–Kier alpha value is -2.91. The standard InChI is InChI=1S/C18H15N3O4S2/c1-25-15-8-3-2-5-12(15)9-16-17(22)20(18(26)27-16)11-19-13-6-4-7-14(10-13)21(23)24/h2-10,19H,11H2,1H3. The van der Waals surface area contributed by atoms with Crippen molar-refractivity contribution in [2.75, 3.05) is 19.1 Å². The van der Waals surface area contributed by atoms with Crippen LogP contribution in [0, 0.1) is 10.1 Å². The van der Waals surface area contributed by atoms with Gasteiger partial charge < -0.3 is 10.1 Å². The van der Waals surface area contributed by atoms with Crippen LogP contribution in [0.5, 0.6) is 5.75 Å². The van der Waals surface area contributed by atoms with Crippen LogP contribution < -0.4 is 10.1 Å². The summed E-state index contributed by atoms with van der Waals surface area (Å²) in [6.45, 7) is 0.120. The van der Waals surface area contributed by atoms with Gasteiger partial charge in [-0.05, 0) is 18.2 Å². The number of nitro groups is 1. The van der Waals surface area contributed by atoms with E-state index in [1.807, 2.05) is 24.3 Å². The number of nitrogens with one attached hydrogen (secondary N) is 1. The van der Waals surface area contributed by atoms with Crippen molar-refractivity contribution < 1.29 is 14.5 Å². The zero-order valence-corrected chi connectivity index (χ0v) is 15.9. The highest BCUT2D eigenvalue weighted by Gasteiger charge is 2.32. The quantitative estimate of drug-likeness (QED) is 0.340. The van der Waals surface area contributed by atoms with E-state index in [-0.39, 0.29) is 18.3 Å². The summed E-state index contributed by atoms with van der Waals surface area (Å²) in [5.74, 6) is 0.436. The Morgan fingerprint density at radius 1 is 1.30 bits per heavy atom. The van der Waals surface area contributed by atoms with Gasteiger partial charge >= 0.3 is 0 Å². The van der Waals surface area contributed by atoms with Crippen LogP contribution in [0.25, 0.3) is 6.08 Å². The van der Waals surface area contributed by atoms with Gasteiger partial charge in [0.2, 0.25) is 0 Å². The highest BCUT2D eigenvalue weighted by molar-refractivity contribution is 8.26. The molecule has 7 nitrogen and oxygen atoms in total. The molecule has 0 unspecified atom stereocenters. The van der Waals surface area contributed by atoms with E-state index in [0.717, 1.165) is 5.56 Å². The van der Waals surface area contributed by atoms with Crippen LogP contribution in [0.15, 0.2) is 53.4 Å². The summed E-state index contributed by atoms with van der Waals surface area (Å²) >= 11 is 6.51. The second-order valence-corrected chi connectivity index (χ2v) is 7.17. The fourth-order valence-electron chi connectivity index (χ4n) is 2.46. The Labute approximate surface area is 165 Å². The van der Waals surface area contributed by atoms with Gasteiger partial charge in [-0.2, -0.15) is 0 Å². The van der Waals surface area contributed by atoms with Gasteiger partial charge in [0.25, 0.3) is 11.6 Å². The summed E-state index contributed by atoms with van der Waals surface area (Å²) < 4.78 is 5.72. The number of nitro benzene ring substituents is 1. The van der Waals surface area contributed by atoms with Crippen molar-refractivity contribution in [1.82, 2.24) is 4.90 Å². The summed E-state index contributed by atoms with van der Waals surface area (Å²) in [6.07, 6.45) is 1.74. The van der Waals surface area contributed by atoms with E-state index in [0.29, 0.717) is 20.7 Å². The normalized spacial score (nSPS) is 15.3. The summed E-state index contributed by atoms with van der Waals surface area (Å²) in [5, 5.41) is 13.9. The molecule has 138 valence electrons. The van der Waals surface area contributed by atoms with E-state index in [9.17, 15) is 14.9 Å².